The molecule has 134 valence electrons. The number of sulfone groups is 1. The van der Waals surface area contributed by atoms with E-state index in [0.717, 1.165) is 5.56 Å². The summed E-state index contributed by atoms with van der Waals surface area (Å²) in [6.45, 7) is 0.283. The van der Waals surface area contributed by atoms with Crippen molar-refractivity contribution in [3.63, 3.8) is 0 Å². The molecular formula is C17H20N2O5S. The SMILES string of the molecule is COC(=O)C1(NCc2cc(-c3ccccc3)on2)CCS(=O)(=O)CC1. The predicted molar refractivity (Wildman–Crippen MR) is 91.4 cm³/mol. The highest BCUT2D eigenvalue weighted by Gasteiger charge is 2.44. The van der Waals surface area contributed by atoms with Gasteiger partial charge in [-0.05, 0) is 12.8 Å². The molecule has 2 aromatic rings. The highest BCUT2D eigenvalue weighted by Crippen LogP contribution is 2.26. The Morgan fingerprint density at radius 2 is 1.96 bits per heavy atom. The molecule has 0 amide bonds. The second-order valence-electron chi connectivity index (χ2n) is 6.13. The standard InChI is InChI=1S/C17H20N2O5S/c1-23-16(20)17(7-9-25(21,22)10-8-17)18-12-14-11-15(24-19-14)13-5-3-2-4-6-13/h2-6,11,18H,7-10,12H2,1H3. The monoisotopic (exact) mass is 364 g/mol. The van der Waals surface area contributed by atoms with E-state index in [0.29, 0.717) is 11.5 Å². The third-order valence-electron chi connectivity index (χ3n) is 4.48. The number of carbonyl (C=O) groups excluding carboxylic acids is 1. The summed E-state index contributed by atoms with van der Waals surface area (Å²) in [4.78, 5) is 12.2. The van der Waals surface area contributed by atoms with Gasteiger partial charge in [-0.25, -0.2) is 8.42 Å². The molecule has 1 aliphatic heterocycles. The Hall–Kier alpha value is -2.19. The van der Waals surface area contributed by atoms with E-state index in [9.17, 15) is 13.2 Å². The number of hydrogen-bond acceptors (Lipinski definition) is 7. The van der Waals surface area contributed by atoms with Crippen LogP contribution in [0.1, 0.15) is 18.5 Å². The molecule has 2 heterocycles. The van der Waals surface area contributed by atoms with Gasteiger partial charge in [0, 0.05) is 18.2 Å². The lowest BCUT2D eigenvalue weighted by Gasteiger charge is -2.34. The fourth-order valence-electron chi connectivity index (χ4n) is 2.93. The third-order valence-corrected chi connectivity index (χ3v) is 6.13. The molecule has 7 nitrogen and oxygen atoms in total. The number of rotatable bonds is 5. The number of methoxy groups -OCH3 is 1. The van der Waals surface area contributed by atoms with E-state index in [2.05, 4.69) is 10.5 Å². The zero-order valence-corrected chi connectivity index (χ0v) is 14.7. The van der Waals surface area contributed by atoms with Crippen LogP contribution in [0.2, 0.25) is 0 Å². The maximum atomic E-state index is 12.2. The summed E-state index contributed by atoms with van der Waals surface area (Å²) in [6, 6.07) is 11.4. The Morgan fingerprint density at radius 1 is 1.28 bits per heavy atom. The molecule has 1 aromatic heterocycles. The second-order valence-corrected chi connectivity index (χ2v) is 8.43. The number of nitrogens with one attached hydrogen (secondary N) is 1. The molecule has 0 aliphatic carbocycles. The molecule has 0 unspecified atom stereocenters. The molecule has 0 spiro atoms. The van der Waals surface area contributed by atoms with Crippen LogP contribution in [0.25, 0.3) is 11.3 Å². The first-order valence-corrected chi connectivity index (χ1v) is 9.81. The van der Waals surface area contributed by atoms with Crippen LogP contribution in [-0.4, -0.2) is 43.7 Å². The minimum Gasteiger partial charge on any atom is -0.468 e. The van der Waals surface area contributed by atoms with Gasteiger partial charge < -0.3 is 9.26 Å². The van der Waals surface area contributed by atoms with Crippen LogP contribution < -0.4 is 5.32 Å². The average Bonchev–Trinajstić information content (AvgIpc) is 3.10. The molecule has 3 rings (SSSR count). The van der Waals surface area contributed by atoms with Gasteiger partial charge in [0.25, 0.3) is 0 Å². The van der Waals surface area contributed by atoms with Gasteiger partial charge in [0.2, 0.25) is 0 Å². The lowest BCUT2D eigenvalue weighted by atomic mass is 9.92. The van der Waals surface area contributed by atoms with Crippen LogP contribution in [0.15, 0.2) is 40.9 Å². The van der Waals surface area contributed by atoms with Gasteiger partial charge in [-0.15, -0.1) is 0 Å². The van der Waals surface area contributed by atoms with Crippen molar-refractivity contribution in [3.8, 4) is 11.3 Å². The van der Waals surface area contributed by atoms with Crippen molar-refractivity contribution >= 4 is 15.8 Å². The zero-order valence-electron chi connectivity index (χ0n) is 13.9. The first kappa shape index (κ1) is 17.6. The smallest absolute Gasteiger partial charge is 0.326 e. The van der Waals surface area contributed by atoms with Crippen molar-refractivity contribution < 1.29 is 22.5 Å². The zero-order chi connectivity index (χ0) is 17.9. The molecule has 1 saturated heterocycles. The fourth-order valence-corrected chi connectivity index (χ4v) is 4.45. The quantitative estimate of drug-likeness (QED) is 0.804. The van der Waals surface area contributed by atoms with Gasteiger partial charge in [-0.3, -0.25) is 10.1 Å². The van der Waals surface area contributed by atoms with E-state index in [4.69, 9.17) is 9.26 Å². The summed E-state index contributed by atoms with van der Waals surface area (Å²) >= 11 is 0. The van der Waals surface area contributed by atoms with E-state index in [1.54, 1.807) is 6.07 Å². The Kier molecular flexibility index (Phi) is 4.91. The van der Waals surface area contributed by atoms with Crippen LogP contribution in [0, 0.1) is 0 Å². The first-order valence-electron chi connectivity index (χ1n) is 7.99. The molecule has 0 radical (unpaired) electrons. The number of esters is 1. The number of aromatic nitrogens is 1. The average molecular weight is 364 g/mol. The molecule has 1 aliphatic rings. The van der Waals surface area contributed by atoms with Gasteiger partial charge in [-0.1, -0.05) is 35.5 Å². The van der Waals surface area contributed by atoms with Crippen molar-refractivity contribution in [2.75, 3.05) is 18.6 Å². The van der Waals surface area contributed by atoms with Crippen molar-refractivity contribution in [3.05, 3.63) is 42.1 Å². The van der Waals surface area contributed by atoms with Crippen molar-refractivity contribution in [1.29, 1.82) is 0 Å². The number of nitrogens with zero attached hydrogens (tertiary/aromatic N) is 1. The van der Waals surface area contributed by atoms with E-state index < -0.39 is 21.3 Å². The third kappa shape index (κ3) is 3.91. The van der Waals surface area contributed by atoms with E-state index in [1.165, 1.54) is 7.11 Å². The second kappa shape index (κ2) is 6.97. The Balaban J connectivity index is 1.72. The summed E-state index contributed by atoms with van der Waals surface area (Å²) in [5.74, 6) is 0.108. The summed E-state index contributed by atoms with van der Waals surface area (Å²) in [5, 5.41) is 7.16. The Morgan fingerprint density at radius 3 is 2.60 bits per heavy atom. The number of benzene rings is 1. The molecule has 8 heteroatoms. The van der Waals surface area contributed by atoms with Crippen molar-refractivity contribution in [2.24, 2.45) is 0 Å². The van der Waals surface area contributed by atoms with Gasteiger partial charge >= 0.3 is 5.97 Å². The van der Waals surface area contributed by atoms with E-state index >= 15 is 0 Å². The first-order chi connectivity index (χ1) is 11.9. The minimum atomic E-state index is -3.09. The molecule has 1 N–H and O–H groups in total. The molecule has 1 aromatic carbocycles. The van der Waals surface area contributed by atoms with Crippen molar-refractivity contribution in [1.82, 2.24) is 10.5 Å². The minimum absolute atomic E-state index is 0.0385. The van der Waals surface area contributed by atoms with Gasteiger partial charge in [0.15, 0.2) is 5.76 Å². The summed E-state index contributed by atoms with van der Waals surface area (Å²) in [5.41, 5.74) is 0.537. The molecule has 25 heavy (non-hydrogen) atoms. The van der Waals surface area contributed by atoms with Crippen LogP contribution >= 0.6 is 0 Å². The lowest BCUT2D eigenvalue weighted by Crippen LogP contribution is -2.56. The largest absolute Gasteiger partial charge is 0.468 e. The van der Waals surface area contributed by atoms with Crippen LogP contribution in [0.5, 0.6) is 0 Å². The highest BCUT2D eigenvalue weighted by molar-refractivity contribution is 7.91. The highest BCUT2D eigenvalue weighted by atomic mass is 32.2. The predicted octanol–water partition coefficient (Wildman–Crippen LogP) is 1.55. The number of hydrogen-bond donors (Lipinski definition) is 1. The van der Waals surface area contributed by atoms with Crippen LogP contribution in [0.3, 0.4) is 0 Å². The molecule has 0 atom stereocenters. The normalized spacial score (nSPS) is 18.6. The van der Waals surface area contributed by atoms with Gasteiger partial charge in [-0.2, -0.15) is 0 Å². The Labute approximate surface area is 146 Å². The maximum Gasteiger partial charge on any atom is 0.326 e. The summed E-state index contributed by atoms with van der Waals surface area (Å²) in [6.07, 6.45) is 0.372. The van der Waals surface area contributed by atoms with E-state index in [-0.39, 0.29) is 30.9 Å². The maximum absolute atomic E-state index is 12.2. The van der Waals surface area contributed by atoms with Crippen molar-refractivity contribution in [2.45, 2.75) is 24.9 Å². The molecular weight excluding hydrogens is 344 g/mol. The molecule has 0 bridgehead atoms. The summed E-state index contributed by atoms with van der Waals surface area (Å²) < 4.78 is 33.6. The Bertz CT molecular complexity index is 831. The van der Waals surface area contributed by atoms with E-state index in [1.807, 2.05) is 30.3 Å². The van der Waals surface area contributed by atoms with Gasteiger partial charge in [0.1, 0.15) is 15.4 Å². The molecule has 0 saturated carbocycles. The van der Waals surface area contributed by atoms with Crippen LogP contribution in [-0.2, 0) is 25.9 Å². The van der Waals surface area contributed by atoms with Crippen LogP contribution in [0.4, 0.5) is 0 Å². The fraction of sp³-hybridized carbons (Fsp3) is 0.412. The number of ether oxygens (including phenoxy) is 1. The lowest BCUT2D eigenvalue weighted by molar-refractivity contribution is -0.149. The summed E-state index contributed by atoms with van der Waals surface area (Å²) in [7, 11) is -1.79. The van der Waals surface area contributed by atoms with Gasteiger partial charge in [0.05, 0.1) is 24.3 Å². The topological polar surface area (TPSA) is 98.5 Å². The number of carbonyl (C=O) groups is 1. The molecule has 1 fully saturated rings.